The van der Waals surface area contributed by atoms with E-state index in [0.717, 1.165) is 21.3 Å². The summed E-state index contributed by atoms with van der Waals surface area (Å²) in [6, 6.07) is 3.09. The maximum absolute atomic E-state index is 12.7. The van der Waals surface area contributed by atoms with Crippen molar-refractivity contribution in [1.82, 2.24) is 9.21 Å². The highest BCUT2D eigenvalue weighted by Gasteiger charge is 2.51. The molecule has 12 heteroatoms. The standard InChI is InChI=1S/C17H18F6N2O3S/c18-16(19,20)11-24-8-5-15(14(24)26)6-9-25(10-7-15)29(27,28)13-3-1-12(2-4-13)17(21,22)23/h1-4H,5-11H2. The van der Waals surface area contributed by atoms with E-state index in [9.17, 15) is 39.6 Å². The van der Waals surface area contributed by atoms with Crippen molar-refractivity contribution in [2.45, 2.75) is 36.5 Å². The number of rotatable bonds is 3. The van der Waals surface area contributed by atoms with Gasteiger partial charge in [-0.3, -0.25) is 4.79 Å². The number of benzene rings is 1. The zero-order valence-electron chi connectivity index (χ0n) is 15.1. The average Bonchev–Trinajstić information content (AvgIpc) is 2.90. The fraction of sp³-hybridized carbons (Fsp3) is 0.588. The number of carbonyl (C=O) groups is 1. The molecule has 0 bridgehead atoms. The lowest BCUT2D eigenvalue weighted by molar-refractivity contribution is -0.161. The van der Waals surface area contributed by atoms with Crippen LogP contribution >= 0.6 is 0 Å². The maximum atomic E-state index is 12.7. The van der Waals surface area contributed by atoms with Crippen molar-refractivity contribution in [3.8, 4) is 0 Å². The smallest absolute Gasteiger partial charge is 0.333 e. The van der Waals surface area contributed by atoms with E-state index < -0.39 is 45.8 Å². The van der Waals surface area contributed by atoms with Gasteiger partial charge in [0.05, 0.1) is 15.9 Å². The number of carbonyl (C=O) groups excluding carboxylic acids is 1. The van der Waals surface area contributed by atoms with Gasteiger partial charge in [0.15, 0.2) is 0 Å². The molecular weight excluding hydrogens is 426 g/mol. The summed E-state index contributed by atoms with van der Waals surface area (Å²) in [5.41, 5.74) is -1.99. The highest BCUT2D eigenvalue weighted by atomic mass is 32.2. The zero-order valence-corrected chi connectivity index (χ0v) is 15.9. The molecule has 2 aliphatic heterocycles. The second-order valence-electron chi connectivity index (χ2n) is 7.30. The van der Waals surface area contributed by atoms with Crippen molar-refractivity contribution in [3.63, 3.8) is 0 Å². The van der Waals surface area contributed by atoms with E-state index in [2.05, 4.69) is 0 Å². The van der Waals surface area contributed by atoms with Gasteiger partial charge in [0, 0.05) is 19.6 Å². The fourth-order valence-corrected chi connectivity index (χ4v) is 5.29. The third-order valence-corrected chi connectivity index (χ3v) is 7.38. The minimum Gasteiger partial charge on any atom is -0.333 e. The lowest BCUT2D eigenvalue weighted by atomic mass is 9.77. The Morgan fingerprint density at radius 2 is 1.41 bits per heavy atom. The van der Waals surface area contributed by atoms with Crippen LogP contribution in [0.15, 0.2) is 29.2 Å². The van der Waals surface area contributed by atoms with Crippen LogP contribution in [0.3, 0.4) is 0 Å². The monoisotopic (exact) mass is 444 g/mol. The van der Waals surface area contributed by atoms with Gasteiger partial charge in [-0.2, -0.15) is 30.6 Å². The Balaban J connectivity index is 1.69. The van der Waals surface area contributed by atoms with Gasteiger partial charge < -0.3 is 4.90 Å². The van der Waals surface area contributed by atoms with E-state index in [1.807, 2.05) is 0 Å². The Labute approximate surface area is 163 Å². The van der Waals surface area contributed by atoms with Crippen LogP contribution in [0, 0.1) is 5.41 Å². The minimum absolute atomic E-state index is 0.0377. The Hall–Kier alpha value is -1.82. The largest absolute Gasteiger partial charge is 0.416 e. The molecule has 162 valence electrons. The van der Waals surface area contributed by atoms with Crippen molar-refractivity contribution < 1.29 is 39.6 Å². The van der Waals surface area contributed by atoms with Gasteiger partial charge in [-0.15, -0.1) is 0 Å². The van der Waals surface area contributed by atoms with Crippen molar-refractivity contribution in [3.05, 3.63) is 29.8 Å². The lowest BCUT2D eigenvalue weighted by Gasteiger charge is -2.37. The van der Waals surface area contributed by atoms with Gasteiger partial charge >= 0.3 is 12.4 Å². The zero-order chi connectivity index (χ0) is 21.7. The molecule has 1 aromatic rings. The predicted octanol–water partition coefficient (Wildman–Crippen LogP) is 3.27. The van der Waals surface area contributed by atoms with E-state index in [0.29, 0.717) is 12.1 Å². The van der Waals surface area contributed by atoms with Crippen LogP contribution in [0.4, 0.5) is 26.3 Å². The molecule has 0 unspecified atom stereocenters. The second kappa shape index (κ2) is 7.15. The number of nitrogens with zero attached hydrogens (tertiary/aromatic N) is 2. The number of halogens is 6. The number of amides is 1. The molecule has 29 heavy (non-hydrogen) atoms. The van der Waals surface area contributed by atoms with Crippen molar-refractivity contribution in [1.29, 1.82) is 0 Å². The van der Waals surface area contributed by atoms with E-state index >= 15 is 0 Å². The molecule has 0 radical (unpaired) electrons. The molecule has 0 N–H and O–H groups in total. The number of piperidine rings is 1. The molecule has 0 aliphatic carbocycles. The third-order valence-electron chi connectivity index (χ3n) is 5.47. The molecule has 1 spiro atoms. The molecule has 0 aromatic heterocycles. The van der Waals surface area contributed by atoms with Gasteiger partial charge in [0.25, 0.3) is 0 Å². The van der Waals surface area contributed by atoms with Gasteiger partial charge in [-0.05, 0) is 43.5 Å². The molecule has 2 aliphatic rings. The molecule has 5 nitrogen and oxygen atoms in total. The highest BCUT2D eigenvalue weighted by Crippen LogP contribution is 2.43. The first kappa shape index (κ1) is 21.9. The summed E-state index contributed by atoms with van der Waals surface area (Å²) in [6.45, 7) is -1.55. The Bertz CT molecular complexity index is 872. The summed E-state index contributed by atoms with van der Waals surface area (Å²) in [6.07, 6.45) is -8.74. The van der Waals surface area contributed by atoms with Gasteiger partial charge in [-0.25, -0.2) is 8.42 Å². The molecule has 2 saturated heterocycles. The Kier molecular flexibility index (Phi) is 5.39. The average molecular weight is 444 g/mol. The molecular formula is C17H18F6N2O3S. The number of likely N-dealkylation sites (tertiary alicyclic amines) is 1. The van der Waals surface area contributed by atoms with Crippen LogP contribution in [-0.2, 0) is 21.0 Å². The second-order valence-corrected chi connectivity index (χ2v) is 9.24. The van der Waals surface area contributed by atoms with E-state index in [4.69, 9.17) is 0 Å². The van der Waals surface area contributed by atoms with Gasteiger partial charge in [0.1, 0.15) is 6.54 Å². The minimum atomic E-state index is -4.59. The van der Waals surface area contributed by atoms with Crippen LogP contribution in [0.1, 0.15) is 24.8 Å². The summed E-state index contributed by atoms with van der Waals surface area (Å²) >= 11 is 0. The number of alkyl halides is 6. The SMILES string of the molecule is O=C1N(CC(F)(F)F)CCC12CCN(S(=O)(=O)c1ccc(C(F)(F)F)cc1)CC2. The quantitative estimate of drug-likeness (QED) is 0.673. The summed E-state index contributed by atoms with van der Waals surface area (Å²) < 4.78 is 102. The topological polar surface area (TPSA) is 57.7 Å². The highest BCUT2D eigenvalue weighted by molar-refractivity contribution is 7.89. The Morgan fingerprint density at radius 1 is 0.897 bits per heavy atom. The number of hydrogen-bond donors (Lipinski definition) is 0. The fourth-order valence-electron chi connectivity index (χ4n) is 3.84. The van der Waals surface area contributed by atoms with Crippen LogP contribution in [0.5, 0.6) is 0 Å². The molecule has 1 amide bonds. The first-order valence-corrected chi connectivity index (χ1v) is 10.2. The maximum Gasteiger partial charge on any atom is 0.416 e. The van der Waals surface area contributed by atoms with Crippen molar-refractivity contribution in [2.75, 3.05) is 26.2 Å². The van der Waals surface area contributed by atoms with Gasteiger partial charge in [0.2, 0.25) is 15.9 Å². The molecule has 0 atom stereocenters. The van der Waals surface area contributed by atoms with Crippen LogP contribution in [-0.4, -0.2) is 55.9 Å². The van der Waals surface area contributed by atoms with Crippen LogP contribution in [0.2, 0.25) is 0 Å². The van der Waals surface area contributed by atoms with Crippen molar-refractivity contribution >= 4 is 15.9 Å². The summed E-state index contributed by atoms with van der Waals surface area (Å²) in [5.74, 6) is -0.624. The van der Waals surface area contributed by atoms with E-state index in [-0.39, 0.29) is 43.8 Å². The molecule has 0 saturated carbocycles. The first-order valence-electron chi connectivity index (χ1n) is 8.78. The molecule has 3 rings (SSSR count). The summed E-state index contributed by atoms with van der Waals surface area (Å²) in [4.78, 5) is 12.9. The van der Waals surface area contributed by atoms with E-state index in [1.165, 1.54) is 0 Å². The lowest BCUT2D eigenvalue weighted by Crippen LogP contribution is -2.47. The first-order chi connectivity index (χ1) is 13.2. The van der Waals surface area contributed by atoms with Crippen molar-refractivity contribution in [2.24, 2.45) is 5.41 Å². The molecule has 1 aromatic carbocycles. The predicted molar refractivity (Wildman–Crippen MR) is 89.1 cm³/mol. The molecule has 2 fully saturated rings. The number of sulfonamides is 1. The normalized spacial score (nSPS) is 21.2. The van der Waals surface area contributed by atoms with Gasteiger partial charge in [-0.1, -0.05) is 0 Å². The third kappa shape index (κ3) is 4.37. The Morgan fingerprint density at radius 3 is 1.90 bits per heavy atom. The van der Waals surface area contributed by atoms with E-state index in [1.54, 1.807) is 0 Å². The summed E-state index contributed by atoms with van der Waals surface area (Å²) in [7, 11) is -4.07. The summed E-state index contributed by atoms with van der Waals surface area (Å²) in [5, 5.41) is 0. The van der Waals surface area contributed by atoms with Crippen LogP contribution < -0.4 is 0 Å². The number of hydrogen-bond acceptors (Lipinski definition) is 3. The molecule has 2 heterocycles. The van der Waals surface area contributed by atoms with Crippen LogP contribution in [0.25, 0.3) is 0 Å².